The van der Waals surface area contributed by atoms with Crippen LogP contribution in [0.2, 0.25) is 0 Å². The summed E-state index contributed by atoms with van der Waals surface area (Å²) in [7, 11) is 0. The zero-order valence-electron chi connectivity index (χ0n) is 11.0. The van der Waals surface area contributed by atoms with Crippen molar-refractivity contribution in [1.29, 1.82) is 0 Å². The van der Waals surface area contributed by atoms with Crippen molar-refractivity contribution >= 4 is 5.91 Å². The van der Waals surface area contributed by atoms with Gasteiger partial charge in [-0.1, -0.05) is 0 Å². The van der Waals surface area contributed by atoms with Crippen LogP contribution in [0.15, 0.2) is 12.1 Å². The Labute approximate surface area is 112 Å². The van der Waals surface area contributed by atoms with Crippen molar-refractivity contribution in [2.24, 2.45) is 5.92 Å². The minimum absolute atomic E-state index is 0.279. The normalized spacial score (nSPS) is 24.3. The fourth-order valence-electron chi connectivity index (χ4n) is 2.99. The molecule has 4 rings (SSSR count). The molecule has 1 fully saturated rings. The van der Waals surface area contributed by atoms with Gasteiger partial charge in [-0.25, -0.2) is 0 Å². The summed E-state index contributed by atoms with van der Waals surface area (Å²) in [6, 6.07) is 4.39. The van der Waals surface area contributed by atoms with Gasteiger partial charge in [0.05, 0.1) is 0 Å². The summed E-state index contributed by atoms with van der Waals surface area (Å²) in [5, 5.41) is 0. The molecule has 0 N–H and O–H groups in total. The monoisotopic (exact) mass is 259 g/mol. The van der Waals surface area contributed by atoms with E-state index >= 15 is 0 Å². The van der Waals surface area contributed by atoms with Crippen LogP contribution in [0.5, 0.6) is 11.5 Å². The van der Waals surface area contributed by atoms with Gasteiger partial charge in [-0.15, -0.1) is 0 Å². The van der Waals surface area contributed by atoms with Gasteiger partial charge in [-0.2, -0.15) is 0 Å². The van der Waals surface area contributed by atoms with Crippen molar-refractivity contribution < 1.29 is 14.3 Å². The smallest absolute Gasteiger partial charge is 0.231 e. The zero-order valence-corrected chi connectivity index (χ0v) is 11.0. The predicted molar refractivity (Wildman–Crippen MR) is 69.0 cm³/mol. The van der Waals surface area contributed by atoms with Gasteiger partial charge in [0.2, 0.25) is 12.7 Å². The maximum atomic E-state index is 12.3. The van der Waals surface area contributed by atoms with Crippen molar-refractivity contribution in [2.75, 3.05) is 6.79 Å². The van der Waals surface area contributed by atoms with Crippen LogP contribution in [0.1, 0.15) is 30.9 Å². The molecule has 4 heteroatoms. The summed E-state index contributed by atoms with van der Waals surface area (Å²) < 4.78 is 10.8. The highest BCUT2D eigenvalue weighted by Crippen LogP contribution is 2.39. The Hall–Kier alpha value is -1.71. The third-order valence-electron chi connectivity index (χ3n) is 4.29. The maximum absolute atomic E-state index is 12.3. The lowest BCUT2D eigenvalue weighted by Gasteiger charge is -2.35. The van der Waals surface area contributed by atoms with E-state index in [0.717, 1.165) is 30.8 Å². The SMILES string of the molecule is CC1Cc2cc3c(cc2CN1C(=O)C1CC1)OCO3. The van der Waals surface area contributed by atoms with E-state index in [4.69, 9.17) is 9.47 Å². The summed E-state index contributed by atoms with van der Waals surface area (Å²) in [6.07, 6.45) is 3.04. The molecule has 1 aromatic rings. The molecule has 0 spiro atoms. The van der Waals surface area contributed by atoms with Crippen molar-refractivity contribution in [3.63, 3.8) is 0 Å². The second-order valence-electron chi connectivity index (χ2n) is 5.77. The number of benzene rings is 1. The van der Waals surface area contributed by atoms with Crippen LogP contribution >= 0.6 is 0 Å². The van der Waals surface area contributed by atoms with Gasteiger partial charge in [0.15, 0.2) is 11.5 Å². The largest absolute Gasteiger partial charge is 0.454 e. The van der Waals surface area contributed by atoms with E-state index in [1.807, 2.05) is 11.0 Å². The Morgan fingerprint density at radius 3 is 2.58 bits per heavy atom. The molecule has 0 saturated heterocycles. The summed E-state index contributed by atoms with van der Waals surface area (Å²) in [5.41, 5.74) is 2.49. The number of carbonyl (C=O) groups is 1. The van der Waals surface area contributed by atoms with E-state index in [0.29, 0.717) is 19.2 Å². The molecule has 0 aromatic heterocycles. The van der Waals surface area contributed by atoms with E-state index in [1.54, 1.807) is 0 Å². The lowest BCUT2D eigenvalue weighted by molar-refractivity contribution is -0.135. The topological polar surface area (TPSA) is 38.8 Å². The lowest BCUT2D eigenvalue weighted by atomic mass is 9.94. The Morgan fingerprint density at radius 2 is 1.89 bits per heavy atom. The summed E-state index contributed by atoms with van der Waals surface area (Å²) in [6.45, 7) is 3.15. The van der Waals surface area contributed by atoms with Gasteiger partial charge in [0.1, 0.15) is 0 Å². The minimum Gasteiger partial charge on any atom is -0.454 e. The number of hydrogen-bond acceptors (Lipinski definition) is 3. The fourth-order valence-corrected chi connectivity index (χ4v) is 2.99. The van der Waals surface area contributed by atoms with E-state index in [2.05, 4.69) is 13.0 Å². The molecule has 0 bridgehead atoms. The molecule has 2 aliphatic heterocycles. The molecule has 4 nitrogen and oxygen atoms in total. The highest BCUT2D eigenvalue weighted by atomic mass is 16.7. The standard InChI is InChI=1S/C15H17NO3/c1-9-4-11-5-13-14(19-8-18-13)6-12(11)7-16(9)15(17)10-2-3-10/h5-6,9-10H,2-4,7-8H2,1H3. The average molecular weight is 259 g/mol. The number of rotatable bonds is 1. The van der Waals surface area contributed by atoms with Crippen LogP contribution in [0.3, 0.4) is 0 Å². The molecule has 19 heavy (non-hydrogen) atoms. The van der Waals surface area contributed by atoms with E-state index in [9.17, 15) is 4.79 Å². The van der Waals surface area contributed by atoms with E-state index in [1.165, 1.54) is 11.1 Å². The first kappa shape index (κ1) is 11.1. The molecular formula is C15H17NO3. The van der Waals surface area contributed by atoms with Crippen LogP contribution in [0.4, 0.5) is 0 Å². The van der Waals surface area contributed by atoms with Crippen LogP contribution in [-0.2, 0) is 17.8 Å². The van der Waals surface area contributed by atoms with E-state index < -0.39 is 0 Å². The summed E-state index contributed by atoms with van der Waals surface area (Å²) in [5.74, 6) is 2.27. The quantitative estimate of drug-likeness (QED) is 0.775. The van der Waals surface area contributed by atoms with Crippen molar-refractivity contribution in [3.05, 3.63) is 23.3 Å². The molecule has 3 aliphatic rings. The number of carbonyl (C=O) groups excluding carboxylic acids is 1. The van der Waals surface area contributed by atoms with Gasteiger partial charge in [-0.3, -0.25) is 4.79 Å². The highest BCUT2D eigenvalue weighted by molar-refractivity contribution is 5.81. The van der Waals surface area contributed by atoms with Gasteiger partial charge < -0.3 is 14.4 Å². The third-order valence-corrected chi connectivity index (χ3v) is 4.29. The molecule has 100 valence electrons. The fraction of sp³-hybridized carbons (Fsp3) is 0.533. The molecule has 1 aromatic carbocycles. The molecule has 2 heterocycles. The van der Waals surface area contributed by atoms with Gasteiger partial charge >= 0.3 is 0 Å². The van der Waals surface area contributed by atoms with E-state index in [-0.39, 0.29) is 12.0 Å². The molecule has 1 aliphatic carbocycles. The predicted octanol–water partition coefficient (Wildman–Crippen LogP) is 2.10. The molecule has 1 unspecified atom stereocenters. The molecule has 1 saturated carbocycles. The number of hydrogen-bond donors (Lipinski definition) is 0. The van der Waals surface area contributed by atoms with Crippen LogP contribution < -0.4 is 9.47 Å². The van der Waals surface area contributed by atoms with Crippen molar-refractivity contribution in [3.8, 4) is 11.5 Å². The van der Waals surface area contributed by atoms with Crippen molar-refractivity contribution in [1.82, 2.24) is 4.90 Å². The second-order valence-corrected chi connectivity index (χ2v) is 5.77. The minimum atomic E-state index is 0.279. The first-order chi connectivity index (χ1) is 9.22. The summed E-state index contributed by atoms with van der Waals surface area (Å²) >= 11 is 0. The Kier molecular flexibility index (Phi) is 2.28. The number of fused-ring (bicyclic) bond motifs is 2. The number of amides is 1. The molecule has 1 amide bonds. The molecule has 1 atom stereocenters. The van der Waals surface area contributed by atoms with Gasteiger partial charge in [0, 0.05) is 18.5 Å². The Morgan fingerprint density at radius 1 is 1.21 bits per heavy atom. The van der Waals surface area contributed by atoms with Crippen LogP contribution in [0.25, 0.3) is 0 Å². The average Bonchev–Trinajstić information content (AvgIpc) is 3.15. The van der Waals surface area contributed by atoms with Crippen LogP contribution in [-0.4, -0.2) is 23.6 Å². The first-order valence-corrected chi connectivity index (χ1v) is 6.94. The molecule has 0 radical (unpaired) electrons. The second kappa shape index (κ2) is 3.89. The summed E-state index contributed by atoms with van der Waals surface area (Å²) in [4.78, 5) is 14.3. The first-order valence-electron chi connectivity index (χ1n) is 6.94. The lowest BCUT2D eigenvalue weighted by Crippen LogP contribution is -2.43. The third kappa shape index (κ3) is 1.78. The van der Waals surface area contributed by atoms with Gasteiger partial charge in [0.25, 0.3) is 0 Å². The molecular weight excluding hydrogens is 242 g/mol. The number of nitrogens with zero attached hydrogens (tertiary/aromatic N) is 1. The van der Waals surface area contributed by atoms with Crippen LogP contribution in [0, 0.1) is 5.92 Å². The highest BCUT2D eigenvalue weighted by Gasteiger charge is 2.37. The van der Waals surface area contributed by atoms with Crippen molar-refractivity contribution in [2.45, 2.75) is 38.8 Å². The Balaban J connectivity index is 1.66. The maximum Gasteiger partial charge on any atom is 0.231 e. The Bertz CT molecular complexity index is 551. The number of ether oxygens (including phenoxy) is 2. The zero-order chi connectivity index (χ0) is 13.0. The van der Waals surface area contributed by atoms with Gasteiger partial charge in [-0.05, 0) is 49.4 Å².